The quantitative estimate of drug-likeness (QED) is 0.732. The Bertz CT molecular complexity index is 879. The lowest BCUT2D eigenvalue weighted by Gasteiger charge is -2.39. The zero-order valence-corrected chi connectivity index (χ0v) is 18.5. The summed E-state index contributed by atoms with van der Waals surface area (Å²) in [4.78, 5) is 22.5. The number of nitrogens with zero attached hydrogens (tertiary/aromatic N) is 3. The number of methoxy groups -OCH3 is 1. The Kier molecular flexibility index (Phi) is 5.95. The molecule has 0 spiro atoms. The molecule has 1 amide bonds. The van der Waals surface area contributed by atoms with Gasteiger partial charge in [-0.3, -0.25) is 14.7 Å². The van der Waals surface area contributed by atoms with Crippen LogP contribution in [0.2, 0.25) is 0 Å². The average molecular weight is 420 g/mol. The fraction of sp³-hybridized carbons (Fsp3) is 0.538. The standard InChI is InChI=1S/C26H33N3O2/c1-31-22-10-8-20(9-11-22)23-18-29(26(30)21-6-2-3-7-21)25-12-14-28(17-24(23)25)16-19-5-4-13-27-15-19/h4-5,8-11,13,15,21,23-25H,2-3,6-7,12,14,16-18H2,1H3/t23-,24-,25-/m1/s1. The van der Waals surface area contributed by atoms with Crippen molar-refractivity contribution in [2.45, 2.75) is 50.6 Å². The highest BCUT2D eigenvalue weighted by atomic mass is 16.5. The van der Waals surface area contributed by atoms with Crippen molar-refractivity contribution in [1.82, 2.24) is 14.8 Å². The van der Waals surface area contributed by atoms with Crippen molar-refractivity contribution in [3.63, 3.8) is 0 Å². The van der Waals surface area contributed by atoms with Crippen molar-refractivity contribution in [1.29, 1.82) is 0 Å². The number of pyridine rings is 1. The number of benzene rings is 1. The predicted octanol–water partition coefficient (Wildman–Crippen LogP) is 4.10. The number of aromatic nitrogens is 1. The summed E-state index contributed by atoms with van der Waals surface area (Å²) >= 11 is 0. The van der Waals surface area contributed by atoms with E-state index in [0.717, 1.165) is 51.2 Å². The van der Waals surface area contributed by atoms with Crippen LogP contribution in [0.3, 0.4) is 0 Å². The molecule has 164 valence electrons. The first-order valence-electron chi connectivity index (χ1n) is 11.8. The maximum atomic E-state index is 13.4. The van der Waals surface area contributed by atoms with Crippen molar-refractivity contribution < 1.29 is 9.53 Å². The number of amides is 1. The lowest BCUT2D eigenvalue weighted by atomic mass is 9.81. The summed E-state index contributed by atoms with van der Waals surface area (Å²) in [6, 6.07) is 13.0. The highest BCUT2D eigenvalue weighted by Gasteiger charge is 2.48. The van der Waals surface area contributed by atoms with Gasteiger partial charge in [-0.15, -0.1) is 0 Å². The predicted molar refractivity (Wildman–Crippen MR) is 121 cm³/mol. The summed E-state index contributed by atoms with van der Waals surface area (Å²) in [5.74, 6) is 2.43. The maximum Gasteiger partial charge on any atom is 0.225 e. The lowest BCUT2D eigenvalue weighted by molar-refractivity contribution is -0.137. The van der Waals surface area contributed by atoms with Gasteiger partial charge >= 0.3 is 0 Å². The van der Waals surface area contributed by atoms with Crippen LogP contribution in [-0.4, -0.2) is 53.5 Å². The van der Waals surface area contributed by atoms with Crippen molar-refractivity contribution in [3.8, 4) is 5.75 Å². The molecule has 5 heteroatoms. The molecule has 2 aromatic rings. The second-order valence-corrected chi connectivity index (χ2v) is 9.47. The largest absolute Gasteiger partial charge is 0.497 e. The first kappa shape index (κ1) is 20.5. The number of likely N-dealkylation sites (tertiary alicyclic amines) is 2. The molecule has 1 aromatic heterocycles. The van der Waals surface area contributed by atoms with Crippen molar-refractivity contribution in [2.24, 2.45) is 11.8 Å². The Morgan fingerprint density at radius 1 is 1.10 bits per heavy atom. The van der Waals surface area contributed by atoms with Gasteiger partial charge in [0.05, 0.1) is 7.11 Å². The summed E-state index contributed by atoms with van der Waals surface area (Å²) in [5.41, 5.74) is 2.60. The van der Waals surface area contributed by atoms with Gasteiger partial charge in [-0.25, -0.2) is 0 Å². The number of carbonyl (C=O) groups is 1. The van der Waals surface area contributed by atoms with E-state index >= 15 is 0 Å². The van der Waals surface area contributed by atoms with Gasteiger partial charge in [-0.2, -0.15) is 0 Å². The number of hydrogen-bond donors (Lipinski definition) is 0. The van der Waals surface area contributed by atoms with Crippen LogP contribution >= 0.6 is 0 Å². The minimum absolute atomic E-state index is 0.253. The van der Waals surface area contributed by atoms with Crippen LogP contribution in [0.15, 0.2) is 48.8 Å². The van der Waals surface area contributed by atoms with Gasteiger partial charge in [0.2, 0.25) is 5.91 Å². The topological polar surface area (TPSA) is 45.7 Å². The summed E-state index contributed by atoms with van der Waals surface area (Å²) in [6.07, 6.45) is 9.44. The van der Waals surface area contributed by atoms with E-state index in [1.165, 1.54) is 24.0 Å². The van der Waals surface area contributed by atoms with Crippen LogP contribution < -0.4 is 4.74 Å². The van der Waals surface area contributed by atoms with Crippen molar-refractivity contribution >= 4 is 5.91 Å². The van der Waals surface area contributed by atoms with E-state index in [-0.39, 0.29) is 5.92 Å². The molecule has 5 rings (SSSR count). The van der Waals surface area contributed by atoms with Gasteiger partial charge in [0.25, 0.3) is 0 Å². The van der Waals surface area contributed by atoms with Crippen LogP contribution in [0.25, 0.3) is 0 Å². The molecule has 3 atom stereocenters. The smallest absolute Gasteiger partial charge is 0.225 e. The zero-order valence-electron chi connectivity index (χ0n) is 18.5. The number of fused-ring (bicyclic) bond motifs is 1. The third-order valence-corrected chi connectivity index (χ3v) is 7.68. The maximum absolute atomic E-state index is 13.4. The summed E-state index contributed by atoms with van der Waals surface area (Å²) in [6.45, 7) is 3.87. The van der Waals surface area contributed by atoms with E-state index in [2.05, 4.69) is 45.1 Å². The third-order valence-electron chi connectivity index (χ3n) is 7.68. The van der Waals surface area contributed by atoms with E-state index in [4.69, 9.17) is 4.74 Å². The molecule has 0 radical (unpaired) electrons. The van der Waals surface area contributed by atoms with E-state index in [1.54, 1.807) is 7.11 Å². The highest BCUT2D eigenvalue weighted by molar-refractivity contribution is 5.80. The van der Waals surface area contributed by atoms with Crippen LogP contribution in [0.4, 0.5) is 0 Å². The Morgan fingerprint density at radius 3 is 2.61 bits per heavy atom. The van der Waals surface area contributed by atoms with Crippen LogP contribution in [-0.2, 0) is 11.3 Å². The molecule has 1 aromatic carbocycles. The molecule has 3 heterocycles. The Balaban J connectivity index is 1.38. The summed E-state index contributed by atoms with van der Waals surface area (Å²) in [5, 5.41) is 0. The fourth-order valence-corrected chi connectivity index (χ4v) is 6.06. The Labute approximate surface area is 185 Å². The van der Waals surface area contributed by atoms with E-state index in [0.29, 0.717) is 23.8 Å². The molecule has 3 fully saturated rings. The molecule has 2 aliphatic heterocycles. The number of carbonyl (C=O) groups excluding carboxylic acids is 1. The molecule has 0 bridgehead atoms. The summed E-state index contributed by atoms with van der Waals surface area (Å²) in [7, 11) is 1.71. The normalized spacial score (nSPS) is 26.7. The van der Waals surface area contributed by atoms with Gasteiger partial charge in [0.1, 0.15) is 5.75 Å². The van der Waals surface area contributed by atoms with Gasteiger partial charge in [0.15, 0.2) is 0 Å². The van der Waals surface area contributed by atoms with E-state index < -0.39 is 0 Å². The minimum atomic E-state index is 0.253. The van der Waals surface area contributed by atoms with Crippen LogP contribution in [0.1, 0.15) is 49.1 Å². The number of ether oxygens (including phenoxy) is 1. The Hall–Kier alpha value is -2.40. The van der Waals surface area contributed by atoms with Crippen molar-refractivity contribution in [2.75, 3.05) is 26.7 Å². The Morgan fingerprint density at radius 2 is 1.90 bits per heavy atom. The third kappa shape index (κ3) is 4.20. The zero-order chi connectivity index (χ0) is 21.2. The second-order valence-electron chi connectivity index (χ2n) is 9.47. The first-order valence-corrected chi connectivity index (χ1v) is 11.8. The molecule has 0 N–H and O–H groups in total. The molecular weight excluding hydrogens is 386 g/mol. The van der Waals surface area contributed by atoms with Gasteiger partial charge in [-0.05, 0) is 48.6 Å². The van der Waals surface area contributed by atoms with E-state index in [9.17, 15) is 4.79 Å². The number of piperidine rings is 1. The highest BCUT2D eigenvalue weighted by Crippen LogP contribution is 2.43. The SMILES string of the molecule is COc1ccc([C@H]2CN(C(=O)C3CCCC3)[C@@H]3CCN(Cc4cccnc4)C[C@H]23)cc1. The van der Waals surface area contributed by atoms with Crippen molar-refractivity contribution in [3.05, 3.63) is 59.9 Å². The molecule has 31 heavy (non-hydrogen) atoms. The van der Waals surface area contributed by atoms with Gasteiger partial charge in [-0.1, -0.05) is 31.0 Å². The minimum Gasteiger partial charge on any atom is -0.497 e. The molecule has 2 saturated heterocycles. The second kappa shape index (κ2) is 8.99. The molecular formula is C26H33N3O2. The first-order chi connectivity index (χ1) is 15.2. The van der Waals surface area contributed by atoms with Gasteiger partial charge < -0.3 is 9.64 Å². The average Bonchev–Trinajstić information content (AvgIpc) is 3.48. The monoisotopic (exact) mass is 419 g/mol. The molecule has 3 aliphatic rings. The van der Waals surface area contributed by atoms with Crippen LogP contribution in [0.5, 0.6) is 5.75 Å². The van der Waals surface area contributed by atoms with Gasteiger partial charge in [0, 0.05) is 62.4 Å². The summed E-state index contributed by atoms with van der Waals surface area (Å²) < 4.78 is 5.37. The molecule has 5 nitrogen and oxygen atoms in total. The van der Waals surface area contributed by atoms with Crippen LogP contribution in [0, 0.1) is 11.8 Å². The molecule has 1 saturated carbocycles. The number of rotatable bonds is 5. The van der Waals surface area contributed by atoms with E-state index in [1.807, 2.05) is 18.5 Å². The number of hydrogen-bond acceptors (Lipinski definition) is 4. The fourth-order valence-electron chi connectivity index (χ4n) is 6.06. The molecule has 0 unspecified atom stereocenters. The molecule has 1 aliphatic carbocycles. The lowest BCUT2D eigenvalue weighted by Crippen LogP contribution is -2.48.